The molecule has 0 radical (unpaired) electrons. The van der Waals surface area contributed by atoms with Gasteiger partial charge in [0.1, 0.15) is 6.10 Å². The van der Waals surface area contributed by atoms with Gasteiger partial charge >= 0.3 is 23.9 Å². The molecule has 0 unspecified atom stereocenters. The summed E-state index contributed by atoms with van der Waals surface area (Å²) >= 11 is 0. The highest BCUT2D eigenvalue weighted by Gasteiger charge is 2.48. The average Bonchev–Trinajstić information content (AvgIpc) is 3.09. The molecular formula is C35H28O17. The maximum atomic E-state index is 14.0. The molecule has 17 nitrogen and oxygen atoms in total. The molecule has 6 atom stereocenters. The first-order valence-corrected chi connectivity index (χ1v) is 15.2. The Bertz CT molecular complexity index is 2130. The van der Waals surface area contributed by atoms with E-state index in [0.29, 0.717) is 0 Å². The molecule has 3 aromatic carbocycles. The maximum absolute atomic E-state index is 14.0. The van der Waals surface area contributed by atoms with Crippen LogP contribution in [0.2, 0.25) is 0 Å². The summed E-state index contributed by atoms with van der Waals surface area (Å²) in [5, 5.41) is 105. The lowest BCUT2D eigenvalue weighted by molar-refractivity contribution is -0.185. The molecule has 10 N–H and O–H groups in total. The van der Waals surface area contributed by atoms with E-state index in [0.717, 1.165) is 54.6 Å². The largest absolute Gasteiger partial charge is 0.504 e. The second-order valence-electron chi connectivity index (χ2n) is 12.0. The van der Waals surface area contributed by atoms with Crippen molar-refractivity contribution in [3.63, 3.8) is 0 Å². The van der Waals surface area contributed by atoms with Crippen LogP contribution in [0.1, 0.15) is 28.2 Å². The Morgan fingerprint density at radius 2 is 1.50 bits per heavy atom. The summed E-state index contributed by atoms with van der Waals surface area (Å²) in [5.41, 5.74) is -1.68. The Kier molecular flexibility index (Phi) is 8.91. The van der Waals surface area contributed by atoms with Crippen molar-refractivity contribution in [2.45, 2.75) is 30.3 Å². The number of carboxylic acid groups (broad SMARTS) is 2. The lowest BCUT2D eigenvalue weighted by atomic mass is 9.70. The lowest BCUT2D eigenvalue weighted by Gasteiger charge is -2.37. The van der Waals surface area contributed by atoms with Gasteiger partial charge in [0.25, 0.3) is 0 Å². The topological polar surface area (TPSA) is 298 Å². The zero-order valence-corrected chi connectivity index (χ0v) is 26.3. The molecule has 1 aliphatic carbocycles. The Balaban J connectivity index is 1.68. The summed E-state index contributed by atoms with van der Waals surface area (Å²) in [7, 11) is 0. The number of carboxylic acids is 2. The van der Waals surface area contributed by atoms with Crippen LogP contribution in [0.25, 0.3) is 23.3 Å². The van der Waals surface area contributed by atoms with E-state index in [1.165, 1.54) is 6.07 Å². The number of rotatable bonds is 4. The fourth-order valence-electron chi connectivity index (χ4n) is 6.45. The van der Waals surface area contributed by atoms with Gasteiger partial charge in [-0.15, -0.1) is 0 Å². The van der Waals surface area contributed by atoms with E-state index in [4.69, 9.17) is 14.2 Å². The Labute approximate surface area is 291 Å². The molecule has 4 bridgehead atoms. The van der Waals surface area contributed by atoms with Crippen molar-refractivity contribution < 1.29 is 84.5 Å². The highest BCUT2D eigenvalue weighted by Crippen LogP contribution is 2.52. The molecule has 2 aliphatic heterocycles. The second-order valence-corrected chi connectivity index (χ2v) is 12.0. The third-order valence-corrected chi connectivity index (χ3v) is 8.82. The van der Waals surface area contributed by atoms with Crippen LogP contribution in [-0.2, 0) is 33.4 Å². The normalized spacial score (nSPS) is 23.5. The Morgan fingerprint density at radius 1 is 0.788 bits per heavy atom. The van der Waals surface area contributed by atoms with E-state index < -0.39 is 118 Å². The quantitative estimate of drug-likeness (QED) is 0.134. The van der Waals surface area contributed by atoms with Crippen LogP contribution in [0.5, 0.6) is 34.5 Å². The molecule has 3 aliphatic rings. The molecule has 270 valence electrons. The smallest absolute Gasteiger partial charge is 0.370 e. The number of aliphatic hydroxyl groups excluding tert-OH is 2. The lowest BCUT2D eigenvalue weighted by Crippen LogP contribution is -2.53. The van der Waals surface area contributed by atoms with Gasteiger partial charge in [-0.3, -0.25) is 4.79 Å². The molecule has 17 heteroatoms. The first kappa shape index (κ1) is 35.1. The van der Waals surface area contributed by atoms with Crippen molar-refractivity contribution >= 4 is 36.0 Å². The van der Waals surface area contributed by atoms with Crippen molar-refractivity contribution in [1.29, 1.82) is 0 Å². The van der Waals surface area contributed by atoms with Crippen LogP contribution in [0.3, 0.4) is 0 Å². The first-order valence-electron chi connectivity index (χ1n) is 15.2. The summed E-state index contributed by atoms with van der Waals surface area (Å²) < 4.78 is 16.3. The number of hydrogen-bond acceptors (Lipinski definition) is 15. The maximum Gasteiger partial charge on any atom is 0.370 e. The number of aliphatic hydroxyl groups is 2. The van der Waals surface area contributed by atoms with E-state index in [1.807, 2.05) is 0 Å². The van der Waals surface area contributed by atoms with Gasteiger partial charge in [-0.1, -0.05) is 6.07 Å². The summed E-state index contributed by atoms with van der Waals surface area (Å²) in [6.07, 6.45) is -4.01. The predicted molar refractivity (Wildman–Crippen MR) is 172 cm³/mol. The number of carbonyl (C=O) groups is 4. The number of fused-ring (bicyclic) bond motifs is 10. The van der Waals surface area contributed by atoms with Gasteiger partial charge in [-0.25, -0.2) is 14.4 Å². The van der Waals surface area contributed by atoms with Crippen molar-refractivity contribution in [3.05, 3.63) is 82.1 Å². The van der Waals surface area contributed by atoms with Gasteiger partial charge < -0.3 is 65.3 Å². The second kappa shape index (κ2) is 13.2. The fraction of sp³-hybridized carbons (Fsp3) is 0.200. The summed E-state index contributed by atoms with van der Waals surface area (Å²) in [5.74, 6) is -15.1. The van der Waals surface area contributed by atoms with E-state index in [-0.39, 0.29) is 27.8 Å². The Morgan fingerprint density at radius 3 is 2.17 bits per heavy atom. The number of hydrogen-bond donors (Lipinski definition) is 10. The molecule has 52 heavy (non-hydrogen) atoms. The van der Waals surface area contributed by atoms with E-state index in [2.05, 4.69) is 0 Å². The monoisotopic (exact) mass is 720 g/mol. The van der Waals surface area contributed by atoms with Crippen molar-refractivity contribution in [1.82, 2.24) is 0 Å². The van der Waals surface area contributed by atoms with Gasteiger partial charge in [0.2, 0.25) is 5.76 Å². The number of ether oxygens (including phenoxy) is 3. The number of phenolic OH excluding ortho intramolecular Hbond substituents is 6. The van der Waals surface area contributed by atoms with Crippen LogP contribution in [0.4, 0.5) is 0 Å². The molecule has 0 fully saturated rings. The third-order valence-electron chi connectivity index (χ3n) is 8.82. The van der Waals surface area contributed by atoms with Crippen LogP contribution in [0.15, 0.2) is 59.9 Å². The summed E-state index contributed by atoms with van der Waals surface area (Å²) in [6.45, 7) is -1.05. The molecule has 0 saturated heterocycles. The number of aromatic hydroxyl groups is 6. The molecule has 0 spiro atoms. The predicted octanol–water partition coefficient (Wildman–Crippen LogP) is 1.39. The van der Waals surface area contributed by atoms with Gasteiger partial charge in [-0.05, 0) is 64.7 Å². The zero-order valence-electron chi connectivity index (χ0n) is 26.3. The molecule has 6 rings (SSSR count). The van der Waals surface area contributed by atoms with Crippen LogP contribution >= 0.6 is 0 Å². The van der Waals surface area contributed by atoms with E-state index >= 15 is 0 Å². The van der Waals surface area contributed by atoms with Crippen LogP contribution < -0.4 is 0 Å². The highest BCUT2D eigenvalue weighted by atomic mass is 16.6. The number of aliphatic carboxylic acids is 2. The van der Waals surface area contributed by atoms with Crippen LogP contribution in [-0.4, -0.2) is 106 Å². The molecular weight excluding hydrogens is 692 g/mol. The van der Waals surface area contributed by atoms with Gasteiger partial charge in [0.15, 0.2) is 52.8 Å². The van der Waals surface area contributed by atoms with Crippen LogP contribution in [0, 0.1) is 5.92 Å². The minimum absolute atomic E-state index is 0.00581. The summed E-state index contributed by atoms with van der Waals surface area (Å²) in [6, 6.07) is 6.33. The molecule has 3 aromatic rings. The summed E-state index contributed by atoms with van der Waals surface area (Å²) in [4.78, 5) is 52.4. The molecule has 0 amide bonds. The SMILES string of the molecule is O=C1/C=C/c2ccc(O)c(O)c2-c2cc(cc(O)c2O)[C@@H]2c3cc(O)c(O)cc3C=C(C(=O)O[C@H]3C=C(C(=O)O)O[C@@H]([C@@H](O)CO)[C@H]3O1)[C@H]2C(=O)O. The number of esters is 2. The van der Waals surface area contributed by atoms with Gasteiger partial charge in [0, 0.05) is 29.2 Å². The third kappa shape index (κ3) is 6.03. The van der Waals surface area contributed by atoms with E-state index in [1.54, 1.807) is 0 Å². The highest BCUT2D eigenvalue weighted by molar-refractivity contribution is 6.02. The minimum Gasteiger partial charge on any atom is -0.504 e. The fourth-order valence-corrected chi connectivity index (χ4v) is 6.45. The molecule has 0 aromatic heterocycles. The number of benzene rings is 3. The standard InChI is InChI=1S/C35H28O17/c36-11-22(41)31-32-23(10-24(50-31)33(45)46)51-35(49)17-5-13-7-19(38)20(39)9-15(13)26(28(17)34(47)48)14-6-16(29(43)21(40)8-14)27-12(2-4-25(42)52-32)1-3-18(37)30(27)44/h1-10,22-23,26,28,31-32,36-41,43-44H,11H2,(H,45,46)(H,47,48)/b4-2+/t22-,23-,26+,28+,31-,32-/m0/s1. The van der Waals surface area contributed by atoms with Crippen molar-refractivity contribution in [2.24, 2.45) is 5.92 Å². The zero-order chi connectivity index (χ0) is 37.8. The number of phenols is 6. The number of carbonyl (C=O) groups excluding carboxylic acids is 2. The van der Waals surface area contributed by atoms with Crippen molar-refractivity contribution in [3.8, 4) is 45.6 Å². The average molecular weight is 721 g/mol. The minimum atomic E-state index is -1.95. The molecule has 0 saturated carbocycles. The Hall–Kier alpha value is -6.72. The van der Waals surface area contributed by atoms with E-state index in [9.17, 15) is 70.2 Å². The molecule has 2 heterocycles. The van der Waals surface area contributed by atoms with Crippen molar-refractivity contribution in [2.75, 3.05) is 6.61 Å². The van der Waals surface area contributed by atoms with Gasteiger partial charge in [0.05, 0.1) is 18.1 Å². The first-order chi connectivity index (χ1) is 24.6. The van der Waals surface area contributed by atoms with Gasteiger partial charge in [-0.2, -0.15) is 0 Å².